The number of hydrogen-bond acceptors (Lipinski definition) is 6. The summed E-state index contributed by atoms with van der Waals surface area (Å²) in [5.41, 5.74) is 0. The minimum atomic E-state index is -0.193. The maximum Gasteiger partial charge on any atom is 0.305 e. The summed E-state index contributed by atoms with van der Waals surface area (Å²) in [4.78, 5) is 33.0. The summed E-state index contributed by atoms with van der Waals surface area (Å²) in [5.74, 6) is -0.381. The number of aliphatic hydroxyl groups excluding tert-OH is 1. The van der Waals surface area contributed by atoms with E-state index in [0.29, 0.717) is 32.5 Å². The second-order valence-corrected chi connectivity index (χ2v) is 5.80. The van der Waals surface area contributed by atoms with Crippen LogP contribution >= 0.6 is 0 Å². The molecule has 0 aromatic rings. The van der Waals surface area contributed by atoms with Gasteiger partial charge in [0.2, 0.25) is 0 Å². The molecule has 0 rings (SSSR count). The van der Waals surface area contributed by atoms with Crippen LogP contribution in [0.2, 0.25) is 0 Å². The molecule has 0 aliphatic heterocycles. The first-order chi connectivity index (χ1) is 11.7. The number of carbonyl (C=O) groups is 3. The van der Waals surface area contributed by atoms with E-state index in [1.165, 1.54) is 0 Å². The van der Waals surface area contributed by atoms with Crippen molar-refractivity contribution in [2.45, 2.75) is 77.0 Å². The first kappa shape index (κ1) is 22.6. The highest BCUT2D eigenvalue weighted by Gasteiger charge is 2.04. The molecule has 1 N–H and O–H groups in total. The van der Waals surface area contributed by atoms with Crippen LogP contribution < -0.4 is 0 Å². The van der Waals surface area contributed by atoms with Gasteiger partial charge in [0.1, 0.15) is 6.29 Å². The largest absolute Gasteiger partial charge is 0.466 e. The van der Waals surface area contributed by atoms with Gasteiger partial charge < -0.3 is 19.4 Å². The summed E-state index contributed by atoms with van der Waals surface area (Å²) in [5, 5.41) is 8.63. The minimum Gasteiger partial charge on any atom is -0.466 e. The average Bonchev–Trinajstić information content (AvgIpc) is 2.58. The number of aliphatic hydroxyl groups is 1. The number of unbranched alkanes of at least 4 members (excludes halogenated alkanes) is 7. The molecule has 0 bridgehead atoms. The molecule has 0 aliphatic rings. The normalized spacial score (nSPS) is 10.4. The monoisotopic (exact) mass is 344 g/mol. The zero-order valence-electron chi connectivity index (χ0n) is 14.7. The SMILES string of the molecule is O=CCCCCCOC(=O)CCCCCOC(=O)CCCCCO. The van der Waals surface area contributed by atoms with Crippen molar-refractivity contribution in [1.29, 1.82) is 0 Å². The van der Waals surface area contributed by atoms with Crippen LogP contribution in [-0.4, -0.2) is 43.2 Å². The number of rotatable bonds is 17. The Kier molecular flexibility index (Phi) is 16.8. The molecule has 0 spiro atoms. The molecule has 0 aromatic heterocycles. The lowest BCUT2D eigenvalue weighted by Gasteiger charge is -2.06. The standard InChI is InChI=1S/C18H32O6/c19-13-7-1-2-9-15-23-18(22)12-6-4-10-16-24-17(21)11-5-3-8-14-20/h13,20H,1-12,14-16H2. The molecule has 0 heterocycles. The average molecular weight is 344 g/mol. The predicted octanol–water partition coefficient (Wildman–Crippen LogP) is 2.95. The van der Waals surface area contributed by atoms with Crippen molar-refractivity contribution in [1.82, 2.24) is 0 Å². The molecule has 0 aliphatic carbocycles. The minimum absolute atomic E-state index is 0.164. The van der Waals surface area contributed by atoms with Gasteiger partial charge in [-0.2, -0.15) is 0 Å². The molecule has 0 amide bonds. The topological polar surface area (TPSA) is 89.9 Å². The molecule has 0 saturated carbocycles. The van der Waals surface area contributed by atoms with E-state index in [0.717, 1.165) is 64.1 Å². The molecule has 6 nitrogen and oxygen atoms in total. The molecule has 0 aromatic carbocycles. The molecule has 0 radical (unpaired) electrons. The van der Waals surface area contributed by atoms with Crippen LogP contribution in [0.15, 0.2) is 0 Å². The number of aldehydes is 1. The van der Waals surface area contributed by atoms with E-state index >= 15 is 0 Å². The Morgan fingerprint density at radius 3 is 1.71 bits per heavy atom. The lowest BCUT2D eigenvalue weighted by molar-refractivity contribution is -0.145. The van der Waals surface area contributed by atoms with Crippen molar-refractivity contribution < 1.29 is 29.0 Å². The number of carbonyl (C=O) groups excluding carboxylic acids is 3. The maximum atomic E-state index is 11.5. The van der Waals surface area contributed by atoms with Gasteiger partial charge in [-0.25, -0.2) is 0 Å². The Balaban J connectivity index is 3.29. The first-order valence-electron chi connectivity index (χ1n) is 9.06. The van der Waals surface area contributed by atoms with E-state index in [4.69, 9.17) is 14.6 Å². The number of hydrogen-bond donors (Lipinski definition) is 1. The van der Waals surface area contributed by atoms with Crippen LogP contribution in [0.25, 0.3) is 0 Å². The van der Waals surface area contributed by atoms with Gasteiger partial charge in [-0.3, -0.25) is 9.59 Å². The quantitative estimate of drug-likeness (QED) is 0.248. The lowest BCUT2D eigenvalue weighted by atomic mass is 10.2. The second-order valence-electron chi connectivity index (χ2n) is 5.80. The fraction of sp³-hybridized carbons (Fsp3) is 0.833. The first-order valence-corrected chi connectivity index (χ1v) is 9.06. The maximum absolute atomic E-state index is 11.5. The van der Waals surface area contributed by atoms with Crippen LogP contribution in [0.5, 0.6) is 0 Å². The molecule has 6 heteroatoms. The van der Waals surface area contributed by atoms with E-state index in [1.54, 1.807) is 0 Å². The predicted molar refractivity (Wildman–Crippen MR) is 90.5 cm³/mol. The van der Waals surface area contributed by atoms with Crippen molar-refractivity contribution in [3.8, 4) is 0 Å². The summed E-state index contributed by atoms with van der Waals surface area (Å²) in [6.07, 6.45) is 9.44. The van der Waals surface area contributed by atoms with Crippen LogP contribution in [0.3, 0.4) is 0 Å². The molecule has 0 saturated heterocycles. The third-order valence-electron chi connectivity index (χ3n) is 3.56. The zero-order valence-corrected chi connectivity index (χ0v) is 14.7. The molecule has 24 heavy (non-hydrogen) atoms. The van der Waals surface area contributed by atoms with Crippen LogP contribution in [0, 0.1) is 0 Å². The number of ether oxygens (including phenoxy) is 2. The van der Waals surface area contributed by atoms with Crippen LogP contribution in [0.4, 0.5) is 0 Å². The summed E-state index contributed by atoms with van der Waals surface area (Å²) in [7, 11) is 0. The summed E-state index contributed by atoms with van der Waals surface area (Å²) >= 11 is 0. The smallest absolute Gasteiger partial charge is 0.305 e. The molecule has 0 fully saturated rings. The third-order valence-corrected chi connectivity index (χ3v) is 3.56. The molecular formula is C18H32O6. The Morgan fingerprint density at radius 2 is 1.21 bits per heavy atom. The van der Waals surface area contributed by atoms with E-state index < -0.39 is 0 Å². The molecule has 0 unspecified atom stereocenters. The summed E-state index contributed by atoms with van der Waals surface area (Å²) in [6.45, 7) is 0.980. The fourth-order valence-electron chi connectivity index (χ4n) is 2.13. The van der Waals surface area contributed by atoms with Crippen molar-refractivity contribution in [3.63, 3.8) is 0 Å². The molecular weight excluding hydrogens is 312 g/mol. The molecule has 140 valence electrons. The lowest BCUT2D eigenvalue weighted by Crippen LogP contribution is -2.07. The third kappa shape index (κ3) is 16.9. The molecule has 0 atom stereocenters. The van der Waals surface area contributed by atoms with Crippen molar-refractivity contribution >= 4 is 18.2 Å². The highest BCUT2D eigenvalue weighted by molar-refractivity contribution is 5.69. The number of esters is 2. The van der Waals surface area contributed by atoms with Crippen molar-refractivity contribution in [2.24, 2.45) is 0 Å². The Hall–Kier alpha value is -1.43. The summed E-state index contributed by atoms with van der Waals surface area (Å²) < 4.78 is 10.2. The Bertz CT molecular complexity index is 329. The van der Waals surface area contributed by atoms with E-state index in [-0.39, 0.29) is 18.5 Å². The van der Waals surface area contributed by atoms with Gasteiger partial charge in [-0.15, -0.1) is 0 Å². The van der Waals surface area contributed by atoms with Gasteiger partial charge in [0.15, 0.2) is 0 Å². The van der Waals surface area contributed by atoms with E-state index in [9.17, 15) is 14.4 Å². The summed E-state index contributed by atoms with van der Waals surface area (Å²) in [6, 6.07) is 0. The van der Waals surface area contributed by atoms with Gasteiger partial charge in [-0.1, -0.05) is 6.42 Å². The van der Waals surface area contributed by atoms with Crippen molar-refractivity contribution in [2.75, 3.05) is 19.8 Å². The van der Waals surface area contributed by atoms with Crippen LogP contribution in [-0.2, 0) is 23.9 Å². The van der Waals surface area contributed by atoms with E-state index in [2.05, 4.69) is 0 Å². The van der Waals surface area contributed by atoms with Gasteiger partial charge in [0.25, 0.3) is 0 Å². The van der Waals surface area contributed by atoms with Crippen LogP contribution in [0.1, 0.15) is 77.0 Å². The van der Waals surface area contributed by atoms with Gasteiger partial charge in [0.05, 0.1) is 13.2 Å². The van der Waals surface area contributed by atoms with Crippen molar-refractivity contribution in [3.05, 3.63) is 0 Å². The van der Waals surface area contributed by atoms with Gasteiger partial charge >= 0.3 is 11.9 Å². The zero-order chi connectivity index (χ0) is 17.9. The Labute approximate surface area is 144 Å². The highest BCUT2D eigenvalue weighted by Crippen LogP contribution is 2.05. The van der Waals surface area contributed by atoms with E-state index in [1.807, 2.05) is 0 Å². The Morgan fingerprint density at radius 1 is 0.708 bits per heavy atom. The highest BCUT2D eigenvalue weighted by atomic mass is 16.5. The van der Waals surface area contributed by atoms with Gasteiger partial charge in [0, 0.05) is 25.9 Å². The fourth-order valence-corrected chi connectivity index (χ4v) is 2.13. The van der Waals surface area contributed by atoms with Gasteiger partial charge in [-0.05, 0) is 51.4 Å². The second kappa shape index (κ2) is 17.9.